The Hall–Kier alpha value is -2.73. The third kappa shape index (κ3) is 5.21. The molecule has 6 nitrogen and oxygen atoms in total. The number of anilines is 1. The van der Waals surface area contributed by atoms with Crippen LogP contribution in [0.25, 0.3) is 0 Å². The minimum atomic E-state index is 0.330. The highest BCUT2D eigenvalue weighted by Gasteiger charge is 2.25. The van der Waals surface area contributed by atoms with Gasteiger partial charge in [0.25, 0.3) is 0 Å². The first-order valence-electron chi connectivity index (χ1n) is 10.1. The van der Waals surface area contributed by atoms with Crippen LogP contribution in [0.4, 0.5) is 5.69 Å². The first kappa shape index (κ1) is 21.0. The third-order valence-electron chi connectivity index (χ3n) is 5.52. The maximum absolute atomic E-state index is 6.20. The lowest BCUT2D eigenvalue weighted by Gasteiger charge is -2.37. The van der Waals surface area contributed by atoms with E-state index in [1.54, 1.807) is 14.2 Å². The van der Waals surface area contributed by atoms with E-state index in [2.05, 4.69) is 53.3 Å². The number of nitrogens with one attached hydrogen (secondary N) is 1. The van der Waals surface area contributed by atoms with E-state index in [1.807, 2.05) is 18.2 Å². The fraction of sp³-hybridized carbons (Fsp3) is 0.435. The second-order valence-corrected chi connectivity index (χ2v) is 7.72. The molecule has 1 aliphatic heterocycles. The molecule has 156 valence electrons. The zero-order chi connectivity index (χ0) is 20.8. The molecule has 2 aromatic carbocycles. The van der Waals surface area contributed by atoms with Crippen LogP contribution in [0.2, 0.25) is 0 Å². The summed E-state index contributed by atoms with van der Waals surface area (Å²) in [6.45, 7) is 7.15. The molecular formula is C23H32N4O2. The van der Waals surface area contributed by atoms with Crippen molar-refractivity contribution in [2.75, 3.05) is 32.6 Å². The lowest BCUT2D eigenvalue weighted by Crippen LogP contribution is -2.44. The molecule has 0 aliphatic carbocycles. The van der Waals surface area contributed by atoms with Gasteiger partial charge in [0.05, 0.1) is 26.5 Å². The Balaban J connectivity index is 1.69. The summed E-state index contributed by atoms with van der Waals surface area (Å²) in [5, 5.41) is 3.15. The molecular weight excluding hydrogens is 364 g/mol. The molecule has 6 heteroatoms. The molecule has 1 heterocycles. The summed E-state index contributed by atoms with van der Waals surface area (Å²) < 4.78 is 10.7. The number of guanidine groups is 1. The molecule has 3 rings (SSSR count). The van der Waals surface area contributed by atoms with Gasteiger partial charge < -0.3 is 20.5 Å². The largest absolute Gasteiger partial charge is 0.497 e. The van der Waals surface area contributed by atoms with Crippen LogP contribution in [0.15, 0.2) is 47.5 Å². The van der Waals surface area contributed by atoms with E-state index in [9.17, 15) is 0 Å². The van der Waals surface area contributed by atoms with Crippen LogP contribution in [-0.4, -0.2) is 44.2 Å². The Labute approximate surface area is 173 Å². The number of rotatable bonds is 7. The van der Waals surface area contributed by atoms with Crippen molar-refractivity contribution in [3.8, 4) is 11.5 Å². The molecule has 0 aromatic heterocycles. The highest BCUT2D eigenvalue weighted by atomic mass is 16.5. The summed E-state index contributed by atoms with van der Waals surface area (Å²) in [7, 11) is 3.26. The first-order valence-corrected chi connectivity index (χ1v) is 10.1. The van der Waals surface area contributed by atoms with Gasteiger partial charge in [-0.15, -0.1) is 0 Å². The molecule has 0 spiro atoms. The number of fused-ring (bicyclic) bond motifs is 1. The van der Waals surface area contributed by atoms with Crippen molar-refractivity contribution >= 4 is 11.6 Å². The van der Waals surface area contributed by atoms with Gasteiger partial charge in [-0.3, -0.25) is 9.89 Å². The van der Waals surface area contributed by atoms with Gasteiger partial charge in [0.15, 0.2) is 5.96 Å². The van der Waals surface area contributed by atoms with Crippen LogP contribution in [0.1, 0.15) is 25.0 Å². The molecule has 2 aromatic rings. The average Bonchev–Trinajstić information content (AvgIpc) is 2.73. The molecule has 0 bridgehead atoms. The molecule has 0 fully saturated rings. The van der Waals surface area contributed by atoms with Crippen molar-refractivity contribution in [2.24, 2.45) is 16.6 Å². The van der Waals surface area contributed by atoms with E-state index in [1.165, 1.54) is 11.1 Å². The van der Waals surface area contributed by atoms with Crippen molar-refractivity contribution in [1.82, 2.24) is 4.90 Å². The van der Waals surface area contributed by atoms with Crippen LogP contribution >= 0.6 is 0 Å². The number of nitrogens with two attached hydrogens (primary N) is 1. The maximum Gasteiger partial charge on any atom is 0.193 e. The molecule has 1 aliphatic rings. The molecule has 0 amide bonds. The monoisotopic (exact) mass is 396 g/mol. The second-order valence-electron chi connectivity index (χ2n) is 7.72. The maximum atomic E-state index is 6.20. The molecule has 1 unspecified atom stereocenters. The number of methoxy groups -OCH3 is 2. The minimum absolute atomic E-state index is 0.330. The Kier molecular flexibility index (Phi) is 6.99. The van der Waals surface area contributed by atoms with Gasteiger partial charge in [-0.1, -0.05) is 38.1 Å². The molecule has 1 atom stereocenters. The Morgan fingerprint density at radius 3 is 2.59 bits per heavy atom. The lowest BCUT2D eigenvalue weighted by atomic mass is 9.95. The number of ether oxygens (including phenoxy) is 2. The van der Waals surface area contributed by atoms with E-state index < -0.39 is 0 Å². The van der Waals surface area contributed by atoms with Crippen LogP contribution in [0.5, 0.6) is 11.5 Å². The topological polar surface area (TPSA) is 72.1 Å². The zero-order valence-corrected chi connectivity index (χ0v) is 17.8. The van der Waals surface area contributed by atoms with Crippen molar-refractivity contribution in [3.05, 3.63) is 53.6 Å². The smallest absolute Gasteiger partial charge is 0.193 e. The number of hydrogen-bond donors (Lipinski definition) is 2. The first-order chi connectivity index (χ1) is 14.0. The molecule has 29 heavy (non-hydrogen) atoms. The summed E-state index contributed by atoms with van der Waals surface area (Å²) in [5.74, 6) is 2.27. The zero-order valence-electron chi connectivity index (χ0n) is 17.8. The predicted molar refractivity (Wildman–Crippen MR) is 119 cm³/mol. The highest BCUT2D eigenvalue weighted by Crippen LogP contribution is 2.29. The molecule has 0 saturated carbocycles. The van der Waals surface area contributed by atoms with Gasteiger partial charge in [-0.2, -0.15) is 0 Å². The van der Waals surface area contributed by atoms with Crippen LogP contribution < -0.4 is 20.5 Å². The van der Waals surface area contributed by atoms with Gasteiger partial charge in [-0.25, -0.2) is 0 Å². The normalized spacial score (nSPS) is 15.7. The van der Waals surface area contributed by atoms with Gasteiger partial charge in [0, 0.05) is 25.2 Å². The predicted octanol–water partition coefficient (Wildman–Crippen LogP) is 3.51. The number of aliphatic imine (C=N–C) groups is 1. The van der Waals surface area contributed by atoms with Crippen molar-refractivity contribution in [1.29, 1.82) is 0 Å². The summed E-state index contributed by atoms with van der Waals surface area (Å²) >= 11 is 0. The van der Waals surface area contributed by atoms with Gasteiger partial charge >= 0.3 is 0 Å². The number of hydrogen-bond acceptors (Lipinski definition) is 4. The molecule has 3 N–H and O–H groups in total. The fourth-order valence-corrected chi connectivity index (χ4v) is 3.83. The van der Waals surface area contributed by atoms with Crippen LogP contribution in [0.3, 0.4) is 0 Å². The van der Waals surface area contributed by atoms with E-state index >= 15 is 0 Å². The van der Waals surface area contributed by atoms with Crippen LogP contribution in [0, 0.1) is 5.92 Å². The average molecular weight is 397 g/mol. The standard InChI is InChI=1S/C23H32N4O2/c1-16(2)21(27-12-11-17-7-5-6-8-18(17)15-27)14-25-23(24)26-20-13-19(28-3)9-10-22(20)29-4/h5-10,13,16,21H,11-12,14-15H2,1-4H3,(H3,24,25,26). The van der Waals surface area contributed by atoms with E-state index in [0.717, 1.165) is 30.9 Å². The second kappa shape index (κ2) is 9.65. The van der Waals surface area contributed by atoms with Gasteiger partial charge in [0.2, 0.25) is 0 Å². The van der Waals surface area contributed by atoms with Crippen LogP contribution in [-0.2, 0) is 13.0 Å². The van der Waals surface area contributed by atoms with Gasteiger partial charge in [0.1, 0.15) is 11.5 Å². The fourth-order valence-electron chi connectivity index (χ4n) is 3.83. The van der Waals surface area contributed by atoms with E-state index in [-0.39, 0.29) is 0 Å². The highest BCUT2D eigenvalue weighted by molar-refractivity contribution is 5.94. The summed E-state index contributed by atoms with van der Waals surface area (Å²) in [4.78, 5) is 7.17. The van der Waals surface area contributed by atoms with E-state index in [4.69, 9.17) is 15.2 Å². The number of nitrogens with zero attached hydrogens (tertiary/aromatic N) is 2. The van der Waals surface area contributed by atoms with Gasteiger partial charge in [-0.05, 0) is 35.6 Å². The summed E-state index contributed by atoms with van der Waals surface area (Å²) in [5.41, 5.74) is 9.81. The SMILES string of the molecule is COc1ccc(OC)c(NC(N)=NCC(C(C)C)N2CCc3ccccc3C2)c1. The quantitative estimate of drug-likeness (QED) is 0.553. The Morgan fingerprint density at radius 2 is 1.90 bits per heavy atom. The molecule has 0 radical (unpaired) electrons. The van der Waals surface area contributed by atoms with Crippen molar-refractivity contribution in [2.45, 2.75) is 32.9 Å². The van der Waals surface area contributed by atoms with Crippen molar-refractivity contribution < 1.29 is 9.47 Å². The minimum Gasteiger partial charge on any atom is -0.497 e. The summed E-state index contributed by atoms with van der Waals surface area (Å²) in [6, 6.07) is 14.6. The Morgan fingerprint density at radius 1 is 1.14 bits per heavy atom. The van der Waals surface area contributed by atoms with E-state index in [0.29, 0.717) is 30.2 Å². The van der Waals surface area contributed by atoms with Crippen molar-refractivity contribution in [3.63, 3.8) is 0 Å². The third-order valence-corrected chi connectivity index (χ3v) is 5.52. The lowest BCUT2D eigenvalue weighted by molar-refractivity contribution is 0.145. The summed E-state index contributed by atoms with van der Waals surface area (Å²) in [6.07, 6.45) is 1.08. The Bertz CT molecular complexity index is 851. The molecule has 0 saturated heterocycles. The number of benzene rings is 2.